The lowest BCUT2D eigenvalue weighted by Crippen LogP contribution is -2.45. The number of benzene rings is 3. The Morgan fingerprint density at radius 2 is 1.78 bits per heavy atom. The number of halogens is 2. The SMILES string of the molecule is CN(C)CC(=O)N(C)c1cccc2c1CCN(C(=O)/C=C/c1c(-n3cnnn3)ccc(Cl)c1F)C2C(=O)Nc1ccc(C(=O)OC(C)(C)C)cc1. The van der Waals surface area contributed by atoms with E-state index in [0.29, 0.717) is 28.9 Å². The van der Waals surface area contributed by atoms with Gasteiger partial charge in [0.1, 0.15) is 18.0 Å². The minimum atomic E-state index is -1.14. The van der Waals surface area contributed by atoms with Crippen LogP contribution in [-0.4, -0.2) is 93.5 Å². The summed E-state index contributed by atoms with van der Waals surface area (Å²) in [5.41, 5.74) is 2.10. The molecule has 0 aliphatic carbocycles. The fraction of sp³-hybridized carbons (Fsp3) is 0.306. The number of hydrogen-bond acceptors (Lipinski definition) is 9. The molecule has 3 amide bonds. The third-order valence-electron chi connectivity index (χ3n) is 8.00. The van der Waals surface area contributed by atoms with E-state index in [1.807, 2.05) is 0 Å². The molecule has 5 rings (SSSR count). The number of likely N-dealkylation sites (N-methyl/N-ethyl adjacent to an activating group) is 2. The Hall–Kier alpha value is -5.47. The number of nitrogens with zero attached hydrogens (tertiary/aromatic N) is 7. The van der Waals surface area contributed by atoms with E-state index in [2.05, 4.69) is 20.8 Å². The van der Waals surface area contributed by atoms with Gasteiger partial charge in [0.2, 0.25) is 11.8 Å². The van der Waals surface area contributed by atoms with Crippen molar-refractivity contribution in [2.75, 3.05) is 44.4 Å². The van der Waals surface area contributed by atoms with Gasteiger partial charge in [-0.1, -0.05) is 23.7 Å². The summed E-state index contributed by atoms with van der Waals surface area (Å²) in [5, 5.41) is 13.7. The molecular formula is C36H38ClFN8O5. The maximum Gasteiger partial charge on any atom is 0.338 e. The standard InChI is InChI=1S/C36H38ClFN8O5/c1-36(2,3)51-35(50)22-10-12-23(13-11-22)40-34(49)33-25-8-7-9-28(44(6)31(48)20-43(4)5)24(25)18-19-45(33)30(47)17-14-26-29(46-21-39-41-42-46)16-15-27(37)32(26)38/h7-17,21,33H,18-20H2,1-6H3,(H,40,49)/b17-14+. The molecular weight excluding hydrogens is 679 g/mol. The molecule has 2 heterocycles. The van der Waals surface area contributed by atoms with Gasteiger partial charge in [-0.3, -0.25) is 14.4 Å². The topological polar surface area (TPSA) is 143 Å². The number of tetrazole rings is 1. The Morgan fingerprint density at radius 3 is 2.43 bits per heavy atom. The smallest absolute Gasteiger partial charge is 0.338 e. The number of carbonyl (C=O) groups is 4. The number of aromatic nitrogens is 4. The van der Waals surface area contributed by atoms with Crippen molar-refractivity contribution in [1.29, 1.82) is 0 Å². The van der Waals surface area contributed by atoms with Crippen LogP contribution in [0.4, 0.5) is 15.8 Å². The second-order valence-electron chi connectivity index (χ2n) is 13.2. The molecule has 3 aromatic carbocycles. The molecule has 15 heteroatoms. The number of hydrogen-bond donors (Lipinski definition) is 1. The van der Waals surface area contributed by atoms with Crippen LogP contribution in [0, 0.1) is 5.82 Å². The lowest BCUT2D eigenvalue weighted by atomic mass is 9.89. The summed E-state index contributed by atoms with van der Waals surface area (Å²) < 4.78 is 22.0. The third-order valence-corrected chi connectivity index (χ3v) is 8.29. The number of amides is 3. The van der Waals surface area contributed by atoms with Crippen LogP contribution in [0.5, 0.6) is 0 Å². The van der Waals surface area contributed by atoms with E-state index < -0.39 is 35.2 Å². The predicted molar refractivity (Wildman–Crippen MR) is 190 cm³/mol. The van der Waals surface area contributed by atoms with Crippen molar-refractivity contribution in [2.24, 2.45) is 0 Å². The molecule has 0 spiro atoms. The average Bonchev–Trinajstić information content (AvgIpc) is 3.61. The first-order chi connectivity index (χ1) is 24.1. The summed E-state index contributed by atoms with van der Waals surface area (Å²) >= 11 is 6.08. The number of rotatable bonds is 9. The van der Waals surface area contributed by atoms with E-state index in [4.69, 9.17) is 16.3 Å². The molecule has 0 saturated heterocycles. The van der Waals surface area contributed by atoms with Gasteiger partial charge in [0.25, 0.3) is 5.91 Å². The predicted octanol–water partition coefficient (Wildman–Crippen LogP) is 4.71. The van der Waals surface area contributed by atoms with Crippen LogP contribution in [0.1, 0.15) is 53.9 Å². The minimum Gasteiger partial charge on any atom is -0.456 e. The summed E-state index contributed by atoms with van der Waals surface area (Å²) in [6, 6.07) is 13.2. The van der Waals surface area contributed by atoms with Crippen LogP contribution in [0.2, 0.25) is 5.02 Å². The van der Waals surface area contributed by atoms with Gasteiger partial charge in [-0.05, 0) is 111 Å². The first-order valence-electron chi connectivity index (χ1n) is 16.0. The molecule has 0 fully saturated rings. The van der Waals surface area contributed by atoms with Gasteiger partial charge in [0.15, 0.2) is 5.82 Å². The molecule has 266 valence electrons. The summed E-state index contributed by atoms with van der Waals surface area (Å²) in [6.45, 7) is 5.58. The maximum absolute atomic E-state index is 15.3. The lowest BCUT2D eigenvalue weighted by molar-refractivity contribution is -0.135. The van der Waals surface area contributed by atoms with Gasteiger partial charge >= 0.3 is 5.97 Å². The molecule has 0 saturated carbocycles. The van der Waals surface area contributed by atoms with Crippen LogP contribution in [0.15, 0.2) is 67.0 Å². The maximum atomic E-state index is 15.3. The van der Waals surface area contributed by atoms with Crippen molar-refractivity contribution in [3.63, 3.8) is 0 Å². The molecule has 0 radical (unpaired) electrons. The summed E-state index contributed by atoms with van der Waals surface area (Å²) in [5.74, 6) is -2.55. The molecule has 0 bridgehead atoms. The Kier molecular flexibility index (Phi) is 11.0. The average molecular weight is 717 g/mol. The van der Waals surface area contributed by atoms with Gasteiger partial charge in [-0.15, -0.1) is 5.10 Å². The van der Waals surface area contributed by atoms with E-state index >= 15 is 4.39 Å². The monoisotopic (exact) mass is 716 g/mol. The number of nitrogens with one attached hydrogen (secondary N) is 1. The highest BCUT2D eigenvalue weighted by atomic mass is 35.5. The number of anilines is 2. The van der Waals surface area contributed by atoms with Crippen LogP contribution >= 0.6 is 11.6 Å². The fourth-order valence-corrected chi connectivity index (χ4v) is 5.83. The number of ether oxygens (including phenoxy) is 1. The van der Waals surface area contributed by atoms with E-state index in [1.54, 1.807) is 82.0 Å². The molecule has 1 aliphatic heterocycles. The number of carbonyl (C=O) groups excluding carboxylic acids is 4. The van der Waals surface area contributed by atoms with Crippen molar-refractivity contribution in [2.45, 2.75) is 38.8 Å². The van der Waals surface area contributed by atoms with Crippen molar-refractivity contribution in [1.82, 2.24) is 30.0 Å². The summed E-state index contributed by atoms with van der Waals surface area (Å²) in [4.78, 5) is 58.4. The normalized spacial score (nSPS) is 14.4. The molecule has 1 unspecified atom stereocenters. The van der Waals surface area contributed by atoms with E-state index in [0.717, 1.165) is 5.56 Å². The Morgan fingerprint density at radius 1 is 1.06 bits per heavy atom. The highest BCUT2D eigenvalue weighted by Gasteiger charge is 2.37. The zero-order valence-corrected chi connectivity index (χ0v) is 29.8. The van der Waals surface area contributed by atoms with Crippen molar-refractivity contribution < 1.29 is 28.3 Å². The zero-order valence-electron chi connectivity index (χ0n) is 29.1. The van der Waals surface area contributed by atoms with Crippen molar-refractivity contribution >= 4 is 52.7 Å². The molecule has 1 N–H and O–H groups in total. The Balaban J connectivity index is 1.50. The Bertz CT molecular complexity index is 1980. The van der Waals surface area contributed by atoms with Gasteiger partial charge < -0.3 is 24.8 Å². The summed E-state index contributed by atoms with van der Waals surface area (Å²) in [7, 11) is 5.26. The molecule has 1 atom stereocenters. The van der Waals surface area contributed by atoms with Gasteiger partial charge in [0.05, 0.1) is 22.8 Å². The zero-order chi connectivity index (χ0) is 37.0. The van der Waals surface area contributed by atoms with Crippen molar-refractivity contribution in [3.8, 4) is 5.69 Å². The lowest BCUT2D eigenvalue weighted by Gasteiger charge is -2.37. The molecule has 51 heavy (non-hydrogen) atoms. The highest BCUT2D eigenvalue weighted by molar-refractivity contribution is 6.31. The van der Waals surface area contributed by atoms with Crippen LogP contribution in [0.3, 0.4) is 0 Å². The molecule has 1 aromatic heterocycles. The van der Waals surface area contributed by atoms with E-state index in [9.17, 15) is 19.2 Å². The van der Waals surface area contributed by atoms with E-state index in [-0.39, 0.29) is 35.3 Å². The van der Waals surface area contributed by atoms with Crippen LogP contribution in [-0.2, 0) is 25.5 Å². The largest absolute Gasteiger partial charge is 0.456 e. The second-order valence-corrected chi connectivity index (χ2v) is 13.6. The first kappa shape index (κ1) is 36.8. The second kappa shape index (κ2) is 15.2. The van der Waals surface area contributed by atoms with E-state index in [1.165, 1.54) is 52.3 Å². The van der Waals surface area contributed by atoms with Gasteiger partial charge in [-0.2, -0.15) is 4.68 Å². The molecule has 1 aliphatic rings. The quantitative estimate of drug-likeness (QED) is 0.192. The number of fused-ring (bicyclic) bond motifs is 1. The minimum absolute atomic E-state index is 0.0325. The molecule has 13 nitrogen and oxygen atoms in total. The number of esters is 1. The van der Waals surface area contributed by atoms with Gasteiger partial charge in [-0.25, -0.2) is 9.18 Å². The third kappa shape index (κ3) is 8.47. The fourth-order valence-electron chi connectivity index (χ4n) is 5.67. The van der Waals surface area contributed by atoms with Gasteiger partial charge in [0, 0.05) is 36.6 Å². The molecule has 4 aromatic rings. The van der Waals surface area contributed by atoms with Crippen LogP contribution in [0.25, 0.3) is 11.8 Å². The van der Waals surface area contributed by atoms with Crippen LogP contribution < -0.4 is 10.2 Å². The van der Waals surface area contributed by atoms with Crippen molar-refractivity contribution in [3.05, 3.63) is 100 Å². The Labute approximate surface area is 299 Å². The highest BCUT2D eigenvalue weighted by Crippen LogP contribution is 2.37. The first-order valence-corrected chi connectivity index (χ1v) is 16.4. The summed E-state index contributed by atoms with van der Waals surface area (Å²) in [6.07, 6.45) is 4.05.